The van der Waals surface area contributed by atoms with Crippen molar-refractivity contribution in [2.24, 2.45) is 0 Å². The van der Waals surface area contributed by atoms with E-state index in [1.807, 2.05) is 6.07 Å². The van der Waals surface area contributed by atoms with E-state index >= 15 is 0 Å². The molecule has 1 aliphatic heterocycles. The largest absolute Gasteiger partial charge is 0.322 e. The summed E-state index contributed by atoms with van der Waals surface area (Å²) in [4.78, 5) is 25.7. The van der Waals surface area contributed by atoms with Gasteiger partial charge in [0, 0.05) is 29.9 Å². The fraction of sp³-hybridized carbons (Fsp3) is 0.167. The molecule has 1 N–H and O–H groups in total. The molecule has 0 radical (unpaired) electrons. The van der Waals surface area contributed by atoms with Crippen molar-refractivity contribution >= 4 is 23.2 Å². The average Bonchev–Trinajstić information content (AvgIpc) is 3.01. The second-order valence-electron chi connectivity index (χ2n) is 5.34. The van der Waals surface area contributed by atoms with E-state index in [1.165, 1.54) is 0 Å². The summed E-state index contributed by atoms with van der Waals surface area (Å²) in [5.74, 6) is -0.130. The van der Waals surface area contributed by atoms with Gasteiger partial charge in [0.05, 0.1) is 11.6 Å². The molecule has 2 amide bonds. The summed E-state index contributed by atoms with van der Waals surface area (Å²) in [5.41, 5.74) is 2.39. The van der Waals surface area contributed by atoms with Crippen LogP contribution in [0.1, 0.15) is 28.8 Å². The van der Waals surface area contributed by atoms with Gasteiger partial charge in [0.2, 0.25) is 5.91 Å². The predicted molar refractivity (Wildman–Crippen MR) is 87.1 cm³/mol. The number of amides is 2. The Balaban J connectivity index is 1.72. The molecular formula is C18H15N3O2. The Bertz CT molecular complexity index is 791. The van der Waals surface area contributed by atoms with E-state index in [4.69, 9.17) is 5.26 Å². The van der Waals surface area contributed by atoms with Gasteiger partial charge in [-0.1, -0.05) is 6.07 Å². The zero-order valence-electron chi connectivity index (χ0n) is 12.5. The third-order valence-electron chi connectivity index (χ3n) is 3.76. The van der Waals surface area contributed by atoms with Crippen molar-refractivity contribution in [3.8, 4) is 6.07 Å². The van der Waals surface area contributed by atoms with E-state index in [1.54, 1.807) is 53.4 Å². The molecule has 5 nitrogen and oxygen atoms in total. The fourth-order valence-corrected chi connectivity index (χ4v) is 2.58. The Morgan fingerprint density at radius 1 is 1.17 bits per heavy atom. The van der Waals surface area contributed by atoms with Gasteiger partial charge in [-0.25, -0.2) is 0 Å². The maximum atomic E-state index is 12.2. The first-order chi connectivity index (χ1) is 11.2. The van der Waals surface area contributed by atoms with Crippen LogP contribution in [0.25, 0.3) is 0 Å². The second kappa shape index (κ2) is 6.32. The van der Waals surface area contributed by atoms with Crippen molar-refractivity contribution in [1.29, 1.82) is 5.26 Å². The van der Waals surface area contributed by atoms with Crippen LogP contribution in [-0.4, -0.2) is 18.4 Å². The van der Waals surface area contributed by atoms with Crippen molar-refractivity contribution in [2.75, 3.05) is 16.8 Å². The van der Waals surface area contributed by atoms with Crippen LogP contribution in [-0.2, 0) is 4.79 Å². The van der Waals surface area contributed by atoms with Gasteiger partial charge in [0.25, 0.3) is 5.91 Å². The number of carbonyl (C=O) groups is 2. The Morgan fingerprint density at radius 2 is 1.96 bits per heavy atom. The fourth-order valence-electron chi connectivity index (χ4n) is 2.58. The zero-order valence-corrected chi connectivity index (χ0v) is 12.5. The molecule has 2 aromatic rings. The zero-order chi connectivity index (χ0) is 16.2. The molecule has 1 heterocycles. The molecule has 0 unspecified atom stereocenters. The number of carbonyl (C=O) groups excluding carboxylic acids is 2. The number of nitrogens with zero attached hydrogens (tertiary/aromatic N) is 2. The number of nitrogens with one attached hydrogen (secondary N) is 1. The molecule has 0 aliphatic carbocycles. The number of rotatable bonds is 3. The third-order valence-corrected chi connectivity index (χ3v) is 3.76. The number of anilines is 2. The van der Waals surface area contributed by atoms with E-state index in [0.717, 1.165) is 18.7 Å². The molecule has 0 spiro atoms. The molecule has 0 saturated carbocycles. The summed E-state index contributed by atoms with van der Waals surface area (Å²) < 4.78 is 0. The predicted octanol–water partition coefficient (Wildman–Crippen LogP) is 2.94. The maximum absolute atomic E-state index is 12.2. The highest BCUT2D eigenvalue weighted by atomic mass is 16.2. The summed E-state index contributed by atoms with van der Waals surface area (Å²) in [6.07, 6.45) is 1.45. The van der Waals surface area contributed by atoms with Crippen molar-refractivity contribution in [2.45, 2.75) is 12.8 Å². The summed E-state index contributed by atoms with van der Waals surface area (Å²) >= 11 is 0. The van der Waals surface area contributed by atoms with Crippen LogP contribution in [0, 0.1) is 11.3 Å². The number of benzene rings is 2. The first-order valence-corrected chi connectivity index (χ1v) is 7.39. The van der Waals surface area contributed by atoms with Gasteiger partial charge in [0.1, 0.15) is 0 Å². The van der Waals surface area contributed by atoms with E-state index < -0.39 is 0 Å². The van der Waals surface area contributed by atoms with Crippen LogP contribution in [0.3, 0.4) is 0 Å². The minimum atomic E-state index is -0.251. The Kier molecular flexibility index (Phi) is 4.07. The lowest BCUT2D eigenvalue weighted by atomic mass is 10.1. The molecule has 3 rings (SSSR count). The molecule has 1 aliphatic rings. The summed E-state index contributed by atoms with van der Waals surface area (Å²) in [7, 11) is 0. The van der Waals surface area contributed by atoms with Crippen molar-refractivity contribution in [3.63, 3.8) is 0 Å². The van der Waals surface area contributed by atoms with Gasteiger partial charge >= 0.3 is 0 Å². The Morgan fingerprint density at radius 3 is 2.61 bits per heavy atom. The van der Waals surface area contributed by atoms with Gasteiger partial charge in [-0.15, -0.1) is 0 Å². The molecule has 1 fully saturated rings. The third kappa shape index (κ3) is 3.22. The number of hydrogen-bond acceptors (Lipinski definition) is 3. The molecule has 0 atom stereocenters. The second-order valence-corrected chi connectivity index (χ2v) is 5.34. The van der Waals surface area contributed by atoms with Crippen LogP contribution in [0.15, 0.2) is 48.5 Å². The minimum absolute atomic E-state index is 0.121. The lowest BCUT2D eigenvalue weighted by Crippen LogP contribution is -2.23. The smallest absolute Gasteiger partial charge is 0.255 e. The summed E-state index contributed by atoms with van der Waals surface area (Å²) in [5, 5.41) is 11.6. The number of nitriles is 1. The van der Waals surface area contributed by atoms with E-state index in [9.17, 15) is 9.59 Å². The van der Waals surface area contributed by atoms with Gasteiger partial charge in [0.15, 0.2) is 0 Å². The lowest BCUT2D eigenvalue weighted by molar-refractivity contribution is -0.117. The first kappa shape index (κ1) is 14.8. The highest BCUT2D eigenvalue weighted by molar-refractivity contribution is 6.05. The highest BCUT2D eigenvalue weighted by Gasteiger charge is 2.21. The first-order valence-electron chi connectivity index (χ1n) is 7.39. The van der Waals surface area contributed by atoms with E-state index in [2.05, 4.69) is 5.32 Å². The van der Waals surface area contributed by atoms with E-state index in [0.29, 0.717) is 23.2 Å². The van der Waals surface area contributed by atoms with Crippen molar-refractivity contribution < 1.29 is 9.59 Å². The Hall–Kier alpha value is -3.13. The van der Waals surface area contributed by atoms with Gasteiger partial charge < -0.3 is 10.2 Å². The molecule has 114 valence electrons. The van der Waals surface area contributed by atoms with Gasteiger partial charge in [-0.3, -0.25) is 9.59 Å². The van der Waals surface area contributed by atoms with E-state index in [-0.39, 0.29) is 11.8 Å². The quantitative estimate of drug-likeness (QED) is 0.947. The standard InChI is InChI=1S/C18H15N3O2/c19-12-13-3-1-4-15(11-13)20-18(23)14-6-8-16(9-7-14)21-10-2-5-17(21)22/h1,3-4,6-9,11H,2,5,10H2,(H,20,23). The summed E-state index contributed by atoms with van der Waals surface area (Å²) in [6.45, 7) is 0.728. The minimum Gasteiger partial charge on any atom is -0.322 e. The Labute approximate surface area is 134 Å². The van der Waals surface area contributed by atoms with Crippen LogP contribution < -0.4 is 10.2 Å². The molecule has 1 saturated heterocycles. The monoisotopic (exact) mass is 305 g/mol. The van der Waals surface area contributed by atoms with Crippen LogP contribution in [0.5, 0.6) is 0 Å². The topological polar surface area (TPSA) is 73.2 Å². The molecule has 23 heavy (non-hydrogen) atoms. The molecular weight excluding hydrogens is 290 g/mol. The number of hydrogen-bond donors (Lipinski definition) is 1. The van der Waals surface area contributed by atoms with Crippen molar-refractivity contribution in [3.05, 3.63) is 59.7 Å². The maximum Gasteiger partial charge on any atom is 0.255 e. The normalized spacial score (nSPS) is 13.7. The molecule has 5 heteroatoms. The average molecular weight is 305 g/mol. The SMILES string of the molecule is N#Cc1cccc(NC(=O)c2ccc(N3CCCC3=O)cc2)c1. The van der Waals surface area contributed by atoms with Crippen LogP contribution >= 0.6 is 0 Å². The lowest BCUT2D eigenvalue weighted by Gasteiger charge is -2.15. The van der Waals surface area contributed by atoms with Gasteiger partial charge in [-0.2, -0.15) is 5.26 Å². The van der Waals surface area contributed by atoms with Crippen LogP contribution in [0.4, 0.5) is 11.4 Å². The molecule has 0 bridgehead atoms. The van der Waals surface area contributed by atoms with Crippen molar-refractivity contribution in [1.82, 2.24) is 0 Å². The molecule has 0 aromatic heterocycles. The molecule has 2 aromatic carbocycles. The van der Waals surface area contributed by atoms with Gasteiger partial charge in [-0.05, 0) is 48.9 Å². The highest BCUT2D eigenvalue weighted by Crippen LogP contribution is 2.22. The van der Waals surface area contributed by atoms with Crippen LogP contribution in [0.2, 0.25) is 0 Å². The summed E-state index contributed by atoms with van der Waals surface area (Å²) in [6, 6.07) is 15.7.